The first-order chi connectivity index (χ1) is 7.09. The van der Waals surface area contributed by atoms with Crippen LogP contribution in [0.3, 0.4) is 0 Å². The highest BCUT2D eigenvalue weighted by Gasteiger charge is 2.35. The smallest absolute Gasteiger partial charge is 0.419 e. The van der Waals surface area contributed by atoms with Gasteiger partial charge in [-0.15, -0.1) is 0 Å². The third kappa shape index (κ3) is 3.44. The molecule has 0 saturated carbocycles. The van der Waals surface area contributed by atoms with Crippen molar-refractivity contribution in [3.05, 3.63) is 23.8 Å². The van der Waals surface area contributed by atoms with E-state index < -0.39 is 20.1 Å². The summed E-state index contributed by atoms with van der Waals surface area (Å²) >= 11 is 0. The molecule has 0 saturated heterocycles. The van der Waals surface area contributed by atoms with Gasteiger partial charge in [0, 0.05) is 5.69 Å². The Morgan fingerprint density at radius 3 is 2.19 bits per heavy atom. The van der Waals surface area contributed by atoms with Gasteiger partial charge in [-0.1, -0.05) is 0 Å². The second-order valence-electron chi connectivity index (χ2n) is 4.47. The zero-order valence-electron chi connectivity index (χ0n) is 9.35. The standard InChI is InChI=1S/C10H14F3NOSi/c1-16(2,3)15-9-5-4-7(14)6-8(9)10(11,12)13/h4-6H,14H2,1-3H3. The molecule has 0 fully saturated rings. The molecule has 0 amide bonds. The van der Waals surface area contributed by atoms with Crippen molar-refractivity contribution in [1.82, 2.24) is 0 Å². The van der Waals surface area contributed by atoms with Gasteiger partial charge in [0.25, 0.3) is 0 Å². The molecule has 1 rings (SSSR count). The van der Waals surface area contributed by atoms with E-state index in [1.807, 2.05) is 19.6 Å². The molecule has 0 radical (unpaired) electrons. The van der Waals surface area contributed by atoms with Crippen LogP contribution in [0.4, 0.5) is 18.9 Å². The van der Waals surface area contributed by atoms with Crippen LogP contribution in [0.15, 0.2) is 18.2 Å². The topological polar surface area (TPSA) is 35.2 Å². The normalized spacial score (nSPS) is 12.6. The summed E-state index contributed by atoms with van der Waals surface area (Å²) in [5.74, 6) is -0.138. The first-order valence-electron chi connectivity index (χ1n) is 4.75. The Balaban J connectivity index is 3.19. The van der Waals surface area contributed by atoms with Crippen LogP contribution in [0.2, 0.25) is 19.6 Å². The van der Waals surface area contributed by atoms with Gasteiger partial charge in [-0.2, -0.15) is 13.2 Å². The summed E-state index contributed by atoms with van der Waals surface area (Å²) in [6, 6.07) is 3.58. The predicted octanol–water partition coefficient (Wildman–Crippen LogP) is 3.50. The molecule has 2 nitrogen and oxygen atoms in total. The highest BCUT2D eigenvalue weighted by Crippen LogP contribution is 2.38. The van der Waals surface area contributed by atoms with Crippen LogP contribution >= 0.6 is 0 Å². The van der Waals surface area contributed by atoms with Gasteiger partial charge in [-0.05, 0) is 37.8 Å². The molecule has 0 aliphatic heterocycles. The number of hydrogen-bond donors (Lipinski definition) is 1. The van der Waals surface area contributed by atoms with Crippen molar-refractivity contribution < 1.29 is 17.6 Å². The SMILES string of the molecule is C[Si](C)(C)Oc1ccc(N)cc1C(F)(F)F. The minimum atomic E-state index is -4.44. The van der Waals surface area contributed by atoms with Gasteiger partial charge in [0.1, 0.15) is 5.75 Å². The number of anilines is 1. The van der Waals surface area contributed by atoms with Crippen molar-refractivity contribution >= 4 is 14.0 Å². The molecular weight excluding hydrogens is 235 g/mol. The molecule has 0 heterocycles. The van der Waals surface area contributed by atoms with Gasteiger partial charge in [0.05, 0.1) is 5.56 Å². The number of rotatable bonds is 2. The summed E-state index contributed by atoms with van der Waals surface area (Å²) in [5.41, 5.74) is 4.61. The lowest BCUT2D eigenvalue weighted by Crippen LogP contribution is -2.30. The van der Waals surface area contributed by atoms with Crippen LogP contribution in [0.25, 0.3) is 0 Å². The second-order valence-corrected chi connectivity index (χ2v) is 8.90. The zero-order chi connectivity index (χ0) is 12.6. The van der Waals surface area contributed by atoms with E-state index in [-0.39, 0.29) is 11.4 Å². The second kappa shape index (κ2) is 4.01. The van der Waals surface area contributed by atoms with Crippen LogP contribution < -0.4 is 10.2 Å². The van der Waals surface area contributed by atoms with Crippen molar-refractivity contribution in [1.29, 1.82) is 0 Å². The van der Waals surface area contributed by atoms with E-state index in [0.717, 1.165) is 6.07 Å². The molecular formula is C10H14F3NOSi. The molecule has 0 aromatic heterocycles. The number of hydrogen-bond acceptors (Lipinski definition) is 2. The molecule has 0 bridgehead atoms. The Morgan fingerprint density at radius 1 is 1.19 bits per heavy atom. The molecule has 0 spiro atoms. The molecule has 1 aromatic carbocycles. The Labute approximate surface area is 93.3 Å². The highest BCUT2D eigenvalue weighted by molar-refractivity contribution is 6.70. The Kier molecular flexibility index (Phi) is 3.23. The fraction of sp³-hybridized carbons (Fsp3) is 0.400. The Morgan fingerprint density at radius 2 is 1.75 bits per heavy atom. The van der Waals surface area contributed by atoms with Crippen molar-refractivity contribution in [2.75, 3.05) is 5.73 Å². The van der Waals surface area contributed by atoms with Gasteiger partial charge in [-0.3, -0.25) is 0 Å². The quantitative estimate of drug-likeness (QED) is 0.643. The molecule has 16 heavy (non-hydrogen) atoms. The summed E-state index contributed by atoms with van der Waals surface area (Å²) < 4.78 is 43.4. The van der Waals surface area contributed by atoms with Gasteiger partial charge < -0.3 is 10.2 Å². The van der Waals surface area contributed by atoms with E-state index >= 15 is 0 Å². The number of nitrogen functional groups attached to an aromatic ring is 1. The fourth-order valence-electron chi connectivity index (χ4n) is 1.19. The van der Waals surface area contributed by atoms with E-state index in [0.29, 0.717) is 0 Å². The maximum Gasteiger partial charge on any atom is 0.419 e. The van der Waals surface area contributed by atoms with E-state index in [9.17, 15) is 13.2 Å². The molecule has 1 aromatic rings. The summed E-state index contributed by atoms with van der Waals surface area (Å²) in [5, 5.41) is 0. The van der Waals surface area contributed by atoms with Crippen LogP contribution in [-0.2, 0) is 6.18 Å². The third-order valence-corrected chi connectivity index (χ3v) is 2.56. The van der Waals surface area contributed by atoms with Crippen LogP contribution in [0.5, 0.6) is 5.75 Å². The molecule has 0 aliphatic rings. The van der Waals surface area contributed by atoms with Gasteiger partial charge in [-0.25, -0.2) is 0 Å². The first-order valence-corrected chi connectivity index (χ1v) is 8.16. The molecule has 6 heteroatoms. The summed E-state index contributed by atoms with van der Waals surface area (Å²) in [6.45, 7) is 5.47. The van der Waals surface area contributed by atoms with E-state index in [4.69, 9.17) is 10.2 Å². The van der Waals surface area contributed by atoms with Crippen molar-refractivity contribution in [2.45, 2.75) is 25.8 Å². The number of halogens is 3. The monoisotopic (exact) mass is 249 g/mol. The summed E-state index contributed by atoms with van der Waals surface area (Å²) in [6.07, 6.45) is -4.44. The lowest BCUT2D eigenvalue weighted by molar-refractivity contribution is -0.138. The molecule has 90 valence electrons. The first kappa shape index (κ1) is 12.9. The predicted molar refractivity (Wildman–Crippen MR) is 59.8 cm³/mol. The largest absolute Gasteiger partial charge is 0.544 e. The van der Waals surface area contributed by atoms with Crippen LogP contribution in [-0.4, -0.2) is 8.32 Å². The van der Waals surface area contributed by atoms with E-state index in [1.165, 1.54) is 12.1 Å². The molecule has 2 N–H and O–H groups in total. The summed E-state index contributed by atoms with van der Waals surface area (Å²) in [4.78, 5) is 0. The Hall–Kier alpha value is -1.17. The van der Waals surface area contributed by atoms with Crippen LogP contribution in [0, 0.1) is 0 Å². The number of nitrogens with two attached hydrogens (primary N) is 1. The van der Waals surface area contributed by atoms with Crippen molar-refractivity contribution in [3.63, 3.8) is 0 Å². The summed E-state index contributed by atoms with van der Waals surface area (Å²) in [7, 11) is -2.07. The van der Waals surface area contributed by atoms with Gasteiger partial charge in [0.15, 0.2) is 0 Å². The average molecular weight is 249 g/mol. The average Bonchev–Trinajstić information content (AvgIpc) is 2.04. The Bertz CT molecular complexity index is 385. The molecule has 0 aliphatic carbocycles. The minimum Gasteiger partial charge on any atom is -0.544 e. The lowest BCUT2D eigenvalue weighted by Gasteiger charge is -2.22. The van der Waals surface area contributed by atoms with E-state index in [1.54, 1.807) is 0 Å². The third-order valence-electron chi connectivity index (χ3n) is 1.73. The minimum absolute atomic E-state index is 0.0789. The van der Waals surface area contributed by atoms with Crippen LogP contribution in [0.1, 0.15) is 5.56 Å². The number of alkyl halides is 3. The zero-order valence-corrected chi connectivity index (χ0v) is 10.4. The maximum absolute atomic E-state index is 12.7. The molecule has 0 atom stereocenters. The van der Waals surface area contributed by atoms with Gasteiger partial charge >= 0.3 is 6.18 Å². The van der Waals surface area contributed by atoms with Crippen molar-refractivity contribution in [3.8, 4) is 5.75 Å². The van der Waals surface area contributed by atoms with Gasteiger partial charge in [0.2, 0.25) is 8.32 Å². The molecule has 0 unspecified atom stereocenters. The number of benzene rings is 1. The fourth-order valence-corrected chi connectivity index (χ4v) is 2.03. The van der Waals surface area contributed by atoms with Crippen molar-refractivity contribution in [2.24, 2.45) is 0 Å². The maximum atomic E-state index is 12.7. The van der Waals surface area contributed by atoms with E-state index in [2.05, 4.69) is 0 Å². The lowest BCUT2D eigenvalue weighted by atomic mass is 10.2. The highest BCUT2D eigenvalue weighted by atomic mass is 28.4.